The van der Waals surface area contributed by atoms with E-state index >= 15 is 0 Å². The summed E-state index contributed by atoms with van der Waals surface area (Å²) in [5, 5.41) is 5.37. The smallest absolute Gasteiger partial charge is 0.349 e. The van der Waals surface area contributed by atoms with Crippen molar-refractivity contribution in [3.63, 3.8) is 0 Å². The molecule has 0 saturated heterocycles. The van der Waals surface area contributed by atoms with E-state index in [1.165, 1.54) is 56.1 Å². The van der Waals surface area contributed by atoms with Gasteiger partial charge in [-0.1, -0.05) is 89.0 Å². The standard InChI is InChI=1S/C22H32N2O3S2.3C2H6.CH4/c1-5-6-7-8-12-23-17-9-10-18(19(14-17)27-15-16(2)3)24-29-20-11-13-28-21(20)22(25)26-4;3*1-2;/h9-11,13-14,16,23-24H,5-8,12,15H2,1-4H3;3*1-2H3;1H4. The topological polar surface area (TPSA) is 59.6 Å². The minimum Gasteiger partial charge on any atom is -0.491 e. The van der Waals surface area contributed by atoms with Crippen molar-refractivity contribution < 1.29 is 14.3 Å². The number of carbonyl (C=O) groups is 1. The molecule has 0 bridgehead atoms. The monoisotopic (exact) mass is 542 g/mol. The lowest BCUT2D eigenvalue weighted by molar-refractivity contribution is 0.0602. The Bertz CT molecular complexity index is 765. The van der Waals surface area contributed by atoms with E-state index in [1.54, 1.807) is 0 Å². The quantitative estimate of drug-likeness (QED) is 0.149. The first-order valence-corrected chi connectivity index (χ1v) is 14.8. The summed E-state index contributed by atoms with van der Waals surface area (Å²) in [4.78, 5) is 13.3. The van der Waals surface area contributed by atoms with Crippen molar-refractivity contribution in [3.8, 4) is 5.75 Å². The van der Waals surface area contributed by atoms with Crippen molar-refractivity contribution in [2.24, 2.45) is 5.92 Å². The van der Waals surface area contributed by atoms with Gasteiger partial charge >= 0.3 is 5.97 Å². The van der Waals surface area contributed by atoms with Gasteiger partial charge in [-0.25, -0.2) is 4.79 Å². The molecule has 36 heavy (non-hydrogen) atoms. The molecule has 1 aromatic heterocycles. The lowest BCUT2D eigenvalue weighted by Gasteiger charge is -2.16. The first-order chi connectivity index (χ1) is 17.0. The molecular formula is C29H54N2O3S2. The number of thiophene rings is 1. The molecule has 0 aliphatic rings. The van der Waals surface area contributed by atoms with Crippen LogP contribution in [0, 0.1) is 5.92 Å². The predicted molar refractivity (Wildman–Crippen MR) is 165 cm³/mol. The van der Waals surface area contributed by atoms with Crippen LogP contribution in [-0.4, -0.2) is 26.2 Å². The molecule has 0 spiro atoms. The van der Waals surface area contributed by atoms with Gasteiger partial charge in [0.15, 0.2) is 0 Å². The number of ether oxygens (including phenoxy) is 2. The molecule has 2 rings (SSSR count). The zero-order valence-corrected chi connectivity index (χ0v) is 25.4. The van der Waals surface area contributed by atoms with Crippen molar-refractivity contribution in [2.45, 2.75) is 100 Å². The number of nitrogens with one attached hydrogen (secondary N) is 2. The van der Waals surface area contributed by atoms with Gasteiger partial charge in [-0.05, 0) is 47.9 Å². The molecule has 0 fully saturated rings. The molecule has 0 radical (unpaired) electrons. The Morgan fingerprint density at radius 3 is 2.28 bits per heavy atom. The minimum atomic E-state index is -0.316. The largest absolute Gasteiger partial charge is 0.491 e. The molecule has 0 amide bonds. The van der Waals surface area contributed by atoms with Gasteiger partial charge < -0.3 is 19.5 Å². The summed E-state index contributed by atoms with van der Waals surface area (Å²) in [6.45, 7) is 20.1. The molecule has 0 saturated carbocycles. The lowest BCUT2D eigenvalue weighted by atomic mass is 10.2. The molecule has 0 atom stereocenters. The average Bonchev–Trinajstić information content (AvgIpc) is 3.38. The maximum atomic E-state index is 11.9. The number of carbonyl (C=O) groups excluding carboxylic acids is 1. The van der Waals surface area contributed by atoms with Gasteiger partial charge in [-0.2, -0.15) is 0 Å². The molecule has 0 aliphatic heterocycles. The second-order valence-corrected chi connectivity index (χ2v) is 8.98. The lowest BCUT2D eigenvalue weighted by Crippen LogP contribution is -2.07. The van der Waals surface area contributed by atoms with Gasteiger partial charge in [0.25, 0.3) is 0 Å². The van der Waals surface area contributed by atoms with Crippen LogP contribution in [0.1, 0.15) is 105 Å². The fourth-order valence-electron chi connectivity index (χ4n) is 2.61. The molecule has 0 unspecified atom stereocenters. The zero-order chi connectivity index (χ0) is 27.1. The highest BCUT2D eigenvalue weighted by atomic mass is 32.2. The normalized spacial score (nSPS) is 9.19. The predicted octanol–water partition coefficient (Wildman–Crippen LogP) is 10.4. The van der Waals surface area contributed by atoms with E-state index in [0.29, 0.717) is 17.4 Å². The number of benzene rings is 1. The third kappa shape index (κ3) is 16.0. The summed E-state index contributed by atoms with van der Waals surface area (Å²) in [7, 11) is 1.40. The SMILES string of the molecule is C.CC.CC.CC.CCCCCCNc1ccc(NSc2ccsc2C(=O)OC)c(OCC(C)C)c1. The summed E-state index contributed by atoms with van der Waals surface area (Å²) in [6, 6.07) is 8.02. The number of methoxy groups -OCH3 is 1. The molecule has 1 aromatic carbocycles. The van der Waals surface area contributed by atoms with E-state index in [9.17, 15) is 4.79 Å². The number of hydrogen-bond donors (Lipinski definition) is 2. The summed E-state index contributed by atoms with van der Waals surface area (Å²) in [6.07, 6.45) is 4.94. The first kappa shape index (κ1) is 38.7. The van der Waals surface area contributed by atoms with Crippen LogP contribution in [0.3, 0.4) is 0 Å². The highest BCUT2D eigenvalue weighted by molar-refractivity contribution is 8.00. The maximum Gasteiger partial charge on any atom is 0.349 e. The summed E-state index contributed by atoms with van der Waals surface area (Å²) in [5.41, 5.74) is 1.94. The van der Waals surface area contributed by atoms with Crippen LogP contribution in [0.2, 0.25) is 0 Å². The Labute approximate surface area is 231 Å². The van der Waals surface area contributed by atoms with Gasteiger partial charge in [0.2, 0.25) is 0 Å². The van der Waals surface area contributed by atoms with Crippen LogP contribution >= 0.6 is 23.3 Å². The van der Waals surface area contributed by atoms with Gasteiger partial charge in [0, 0.05) is 18.3 Å². The van der Waals surface area contributed by atoms with E-state index < -0.39 is 0 Å². The van der Waals surface area contributed by atoms with Gasteiger partial charge in [0.05, 0.1) is 24.3 Å². The molecule has 2 aromatic rings. The van der Waals surface area contributed by atoms with Gasteiger partial charge in [0.1, 0.15) is 10.6 Å². The molecule has 5 nitrogen and oxygen atoms in total. The van der Waals surface area contributed by atoms with Crippen molar-refractivity contribution >= 4 is 40.6 Å². The van der Waals surface area contributed by atoms with E-state index in [1.807, 2.05) is 65.1 Å². The fraction of sp³-hybridized carbons (Fsp3) is 0.621. The van der Waals surface area contributed by atoms with Crippen molar-refractivity contribution in [1.82, 2.24) is 0 Å². The Morgan fingerprint density at radius 1 is 1.03 bits per heavy atom. The Kier molecular flexibility index (Phi) is 28.2. The van der Waals surface area contributed by atoms with E-state index in [0.717, 1.165) is 28.6 Å². The second kappa shape index (κ2) is 26.2. The Morgan fingerprint density at radius 2 is 1.69 bits per heavy atom. The number of hydrogen-bond acceptors (Lipinski definition) is 7. The third-order valence-electron chi connectivity index (χ3n) is 4.18. The average molecular weight is 543 g/mol. The molecule has 2 N–H and O–H groups in total. The highest BCUT2D eigenvalue weighted by Gasteiger charge is 2.15. The number of rotatable bonds is 13. The minimum absolute atomic E-state index is 0. The number of esters is 1. The summed E-state index contributed by atoms with van der Waals surface area (Å²) >= 11 is 2.77. The van der Waals surface area contributed by atoms with Crippen molar-refractivity contribution in [1.29, 1.82) is 0 Å². The molecule has 1 heterocycles. The fourth-order valence-corrected chi connectivity index (χ4v) is 4.37. The third-order valence-corrected chi connectivity index (χ3v) is 6.09. The molecule has 210 valence electrons. The van der Waals surface area contributed by atoms with Crippen LogP contribution in [-0.2, 0) is 4.74 Å². The van der Waals surface area contributed by atoms with Crippen molar-refractivity contribution in [2.75, 3.05) is 30.3 Å². The van der Waals surface area contributed by atoms with Crippen molar-refractivity contribution in [3.05, 3.63) is 34.5 Å². The molecule has 0 aliphatic carbocycles. The van der Waals surface area contributed by atoms with Gasteiger partial charge in [-0.15, -0.1) is 11.3 Å². The van der Waals surface area contributed by atoms with Crippen LogP contribution in [0.25, 0.3) is 0 Å². The van der Waals surface area contributed by atoms with Crippen LogP contribution < -0.4 is 14.8 Å². The Balaban J connectivity index is -0.00000144. The second-order valence-electron chi connectivity index (χ2n) is 7.21. The van der Waals surface area contributed by atoms with Crippen LogP contribution in [0.5, 0.6) is 5.75 Å². The Hall–Kier alpha value is -1.86. The van der Waals surface area contributed by atoms with E-state index in [2.05, 4.69) is 36.9 Å². The number of anilines is 2. The van der Waals surface area contributed by atoms with Crippen LogP contribution in [0.15, 0.2) is 34.5 Å². The highest BCUT2D eigenvalue weighted by Crippen LogP contribution is 2.35. The molecule has 7 heteroatoms. The maximum absolute atomic E-state index is 11.9. The first-order valence-electron chi connectivity index (χ1n) is 13.1. The van der Waals surface area contributed by atoms with Gasteiger partial charge in [-0.3, -0.25) is 0 Å². The summed E-state index contributed by atoms with van der Waals surface area (Å²) < 4.78 is 14.2. The molecular weight excluding hydrogens is 488 g/mol. The van der Waals surface area contributed by atoms with Crippen LogP contribution in [0.4, 0.5) is 11.4 Å². The zero-order valence-electron chi connectivity index (χ0n) is 23.7. The number of unbranched alkanes of at least 4 members (excludes halogenated alkanes) is 3. The van der Waals surface area contributed by atoms with E-state index in [-0.39, 0.29) is 13.4 Å². The summed E-state index contributed by atoms with van der Waals surface area (Å²) in [5.74, 6) is 0.923. The van der Waals surface area contributed by atoms with E-state index in [4.69, 9.17) is 9.47 Å².